The lowest BCUT2D eigenvalue weighted by molar-refractivity contribution is -0.0907. The van der Waals surface area contributed by atoms with Crippen molar-refractivity contribution in [1.82, 2.24) is 9.62 Å². The van der Waals surface area contributed by atoms with E-state index < -0.39 is 34.4 Å². The second kappa shape index (κ2) is 13.8. The number of benzene rings is 2. The standard InChI is InChI=1S/C27H37N3O7S.ClH/c1-18(2)15-30(38(33,34)21-10-8-20(28)9-11-21)16-24(31)23(14-19-6-4-3-5-7-19)29-27(32)37-25-17-36-26-22(25)12-13-35-26;/h3-11,18,22-26,31H,12-17,28H2,1-2H3,(H,29,32);1H/t22-,23-,24+,25-,26+;/m0./s1. The highest BCUT2D eigenvalue weighted by Gasteiger charge is 2.44. The van der Waals surface area contributed by atoms with Crippen LogP contribution in [0.3, 0.4) is 0 Å². The molecule has 2 heterocycles. The number of carbonyl (C=O) groups excluding carboxylic acids is 1. The van der Waals surface area contributed by atoms with Gasteiger partial charge in [0.25, 0.3) is 0 Å². The molecule has 216 valence electrons. The van der Waals surface area contributed by atoms with Crippen molar-refractivity contribution >= 4 is 34.2 Å². The summed E-state index contributed by atoms with van der Waals surface area (Å²) in [5.74, 6) is -0.0231. The molecule has 2 fully saturated rings. The van der Waals surface area contributed by atoms with E-state index in [9.17, 15) is 18.3 Å². The zero-order valence-electron chi connectivity index (χ0n) is 22.1. The number of sulfonamides is 1. The first-order valence-electron chi connectivity index (χ1n) is 12.9. The van der Waals surface area contributed by atoms with Crippen LogP contribution in [0, 0.1) is 11.8 Å². The molecule has 0 aromatic heterocycles. The zero-order chi connectivity index (χ0) is 27.3. The van der Waals surface area contributed by atoms with Gasteiger partial charge in [0, 0.05) is 18.8 Å². The average molecular weight is 584 g/mol. The van der Waals surface area contributed by atoms with Crippen LogP contribution < -0.4 is 11.1 Å². The predicted octanol–water partition coefficient (Wildman–Crippen LogP) is 2.80. The smallest absolute Gasteiger partial charge is 0.407 e. The lowest BCUT2D eigenvalue weighted by Gasteiger charge is -2.31. The van der Waals surface area contributed by atoms with Crippen molar-refractivity contribution in [3.63, 3.8) is 0 Å². The minimum absolute atomic E-state index is 0. The van der Waals surface area contributed by atoms with E-state index in [-0.39, 0.29) is 61.5 Å². The van der Waals surface area contributed by atoms with Crippen LogP contribution in [0.15, 0.2) is 59.5 Å². The highest BCUT2D eigenvalue weighted by molar-refractivity contribution is 7.89. The molecule has 5 atom stereocenters. The summed E-state index contributed by atoms with van der Waals surface area (Å²) < 4.78 is 44.9. The Balaban J connectivity index is 0.00000420. The number of carbonyl (C=O) groups is 1. The normalized spacial score (nSPS) is 22.2. The number of nitrogens with zero attached hydrogens (tertiary/aromatic N) is 1. The van der Waals surface area contributed by atoms with Gasteiger partial charge in [-0.2, -0.15) is 4.31 Å². The van der Waals surface area contributed by atoms with Crippen LogP contribution >= 0.6 is 12.4 Å². The van der Waals surface area contributed by atoms with E-state index in [4.69, 9.17) is 19.9 Å². The van der Waals surface area contributed by atoms with Gasteiger partial charge in [-0.3, -0.25) is 0 Å². The summed E-state index contributed by atoms with van der Waals surface area (Å²) in [7, 11) is -3.93. The van der Waals surface area contributed by atoms with E-state index in [0.29, 0.717) is 12.3 Å². The van der Waals surface area contributed by atoms with Crippen molar-refractivity contribution in [3.8, 4) is 0 Å². The van der Waals surface area contributed by atoms with Crippen molar-refractivity contribution in [3.05, 3.63) is 60.2 Å². The number of aliphatic hydroxyl groups excluding tert-OH is 1. The summed E-state index contributed by atoms with van der Waals surface area (Å²) in [5, 5.41) is 14.1. The number of nitrogens with two attached hydrogens (primary N) is 1. The van der Waals surface area contributed by atoms with Crippen molar-refractivity contribution in [2.45, 2.75) is 56.1 Å². The predicted molar refractivity (Wildman–Crippen MR) is 149 cm³/mol. The van der Waals surface area contributed by atoms with Gasteiger partial charge in [0.1, 0.15) is 6.10 Å². The Morgan fingerprint density at radius 3 is 2.49 bits per heavy atom. The van der Waals surface area contributed by atoms with Gasteiger partial charge in [0.05, 0.1) is 36.2 Å². The van der Waals surface area contributed by atoms with Gasteiger partial charge in [-0.15, -0.1) is 12.4 Å². The number of amides is 1. The topological polar surface area (TPSA) is 140 Å². The molecule has 39 heavy (non-hydrogen) atoms. The summed E-state index contributed by atoms with van der Waals surface area (Å²) in [6, 6.07) is 14.5. The van der Waals surface area contributed by atoms with Crippen LogP contribution in [0.1, 0.15) is 25.8 Å². The van der Waals surface area contributed by atoms with Gasteiger partial charge in [0.2, 0.25) is 10.0 Å². The molecule has 10 nitrogen and oxygen atoms in total. The van der Waals surface area contributed by atoms with E-state index in [2.05, 4.69) is 5.32 Å². The molecule has 12 heteroatoms. The number of alkyl carbamates (subject to hydrolysis) is 1. The fraction of sp³-hybridized carbons (Fsp3) is 0.519. The molecule has 0 radical (unpaired) electrons. The number of ether oxygens (including phenoxy) is 3. The minimum Gasteiger partial charge on any atom is -0.443 e. The molecule has 2 aromatic rings. The molecule has 2 aliphatic rings. The van der Waals surface area contributed by atoms with Crippen molar-refractivity contribution in [1.29, 1.82) is 0 Å². The first kappa shape index (κ1) is 31.1. The highest BCUT2D eigenvalue weighted by atomic mass is 35.5. The highest BCUT2D eigenvalue weighted by Crippen LogP contribution is 2.33. The maximum atomic E-state index is 13.5. The fourth-order valence-electron chi connectivity index (χ4n) is 4.82. The number of nitrogen functional groups attached to an aromatic ring is 1. The van der Waals surface area contributed by atoms with Crippen LogP contribution in [0.5, 0.6) is 0 Å². The number of rotatable bonds is 11. The third-order valence-electron chi connectivity index (χ3n) is 6.79. The average Bonchev–Trinajstić information content (AvgIpc) is 3.49. The van der Waals surface area contributed by atoms with E-state index >= 15 is 0 Å². The summed E-state index contributed by atoms with van der Waals surface area (Å²) in [4.78, 5) is 13.0. The largest absolute Gasteiger partial charge is 0.443 e. The number of nitrogens with one attached hydrogen (secondary N) is 1. The third kappa shape index (κ3) is 8.06. The molecule has 0 bridgehead atoms. The molecule has 2 saturated heterocycles. The second-order valence-corrected chi connectivity index (χ2v) is 12.2. The number of halogens is 1. The molecule has 2 aliphatic heterocycles. The maximum absolute atomic E-state index is 13.5. The first-order chi connectivity index (χ1) is 18.1. The van der Waals surface area contributed by atoms with E-state index in [1.54, 1.807) is 0 Å². The van der Waals surface area contributed by atoms with Crippen molar-refractivity contribution < 1.29 is 32.5 Å². The maximum Gasteiger partial charge on any atom is 0.407 e. The lowest BCUT2D eigenvalue weighted by Crippen LogP contribution is -2.51. The molecule has 0 unspecified atom stereocenters. The van der Waals surface area contributed by atoms with E-state index in [0.717, 1.165) is 12.0 Å². The number of anilines is 1. The van der Waals surface area contributed by atoms with Gasteiger partial charge in [0.15, 0.2) is 6.29 Å². The monoisotopic (exact) mass is 583 g/mol. The van der Waals surface area contributed by atoms with Gasteiger partial charge in [-0.05, 0) is 48.6 Å². The summed E-state index contributed by atoms with van der Waals surface area (Å²) in [6.07, 6.45) is -1.69. The summed E-state index contributed by atoms with van der Waals surface area (Å²) in [6.45, 7) is 4.58. The van der Waals surface area contributed by atoms with Crippen molar-refractivity contribution in [2.24, 2.45) is 11.8 Å². The Labute approximate surface area is 236 Å². The van der Waals surface area contributed by atoms with Crippen LogP contribution in [0.4, 0.5) is 10.5 Å². The van der Waals surface area contributed by atoms with Crippen LogP contribution in [0.25, 0.3) is 0 Å². The number of aliphatic hydroxyl groups is 1. The molecule has 2 aromatic carbocycles. The lowest BCUT2D eigenvalue weighted by atomic mass is 10.0. The molecule has 0 saturated carbocycles. The number of hydrogen-bond donors (Lipinski definition) is 3. The molecule has 1 amide bonds. The van der Waals surface area contributed by atoms with E-state index in [1.165, 1.54) is 28.6 Å². The Morgan fingerprint density at radius 1 is 1.13 bits per heavy atom. The van der Waals surface area contributed by atoms with E-state index in [1.807, 2.05) is 44.2 Å². The Hall–Kier alpha value is -2.41. The second-order valence-electron chi connectivity index (χ2n) is 10.3. The van der Waals surface area contributed by atoms with Gasteiger partial charge >= 0.3 is 6.09 Å². The molecule has 0 spiro atoms. The molecule has 4 N–H and O–H groups in total. The van der Waals surface area contributed by atoms with Crippen molar-refractivity contribution in [2.75, 3.05) is 32.0 Å². The molecular weight excluding hydrogens is 546 g/mol. The Morgan fingerprint density at radius 2 is 1.82 bits per heavy atom. The Bertz CT molecular complexity index is 1170. The van der Waals surface area contributed by atoms with Gasteiger partial charge in [-0.1, -0.05) is 44.2 Å². The molecule has 4 rings (SSSR count). The summed E-state index contributed by atoms with van der Waals surface area (Å²) in [5.41, 5.74) is 7.07. The van der Waals surface area contributed by atoms with Gasteiger partial charge in [-0.25, -0.2) is 13.2 Å². The molecule has 0 aliphatic carbocycles. The summed E-state index contributed by atoms with van der Waals surface area (Å²) >= 11 is 0. The number of hydrogen-bond acceptors (Lipinski definition) is 8. The third-order valence-corrected chi connectivity index (χ3v) is 8.63. The Kier molecular flexibility index (Phi) is 11.0. The quantitative estimate of drug-likeness (QED) is 0.343. The van der Waals surface area contributed by atoms with Crippen LogP contribution in [-0.4, -0.2) is 74.8 Å². The van der Waals surface area contributed by atoms with Crippen LogP contribution in [0.2, 0.25) is 0 Å². The SMILES string of the molecule is CC(C)CN(C[C@@H](O)[C@H](Cc1ccccc1)NC(=O)O[C@H]1CO[C@H]2OCC[C@H]21)S(=O)(=O)c1ccc(N)cc1.Cl. The zero-order valence-corrected chi connectivity index (χ0v) is 23.8. The first-order valence-corrected chi connectivity index (χ1v) is 14.4. The minimum atomic E-state index is -3.93. The fourth-order valence-corrected chi connectivity index (χ4v) is 6.45. The van der Waals surface area contributed by atoms with Gasteiger partial charge < -0.3 is 30.4 Å². The number of fused-ring (bicyclic) bond motifs is 1. The van der Waals surface area contributed by atoms with Crippen LogP contribution in [-0.2, 0) is 30.7 Å². The molecular formula is C27H38ClN3O7S.